The molecule has 0 aromatic carbocycles. The minimum atomic E-state index is -5.19. The van der Waals surface area contributed by atoms with Crippen molar-refractivity contribution in [1.82, 2.24) is 15.1 Å². The number of sulfone groups is 1. The van der Waals surface area contributed by atoms with Crippen LogP contribution < -0.4 is 9.79 Å². The fraction of sp³-hybridized carbons (Fsp3) is 0.333. The molecule has 0 aliphatic heterocycles. The largest absolute Gasteiger partial charge is 0.542 e. The van der Waals surface area contributed by atoms with Crippen LogP contribution in [0.2, 0.25) is 0 Å². The topological polar surface area (TPSA) is 154 Å². The minimum absolute atomic E-state index is 0.154. The van der Waals surface area contributed by atoms with E-state index in [0.717, 1.165) is 5.56 Å². The molecule has 0 amide bonds. The Hall–Kier alpha value is -3.16. The summed E-state index contributed by atoms with van der Waals surface area (Å²) in [4.78, 5) is 27.4. The number of carboxylic acids is 2. The van der Waals surface area contributed by atoms with Crippen molar-refractivity contribution < 1.29 is 46.1 Å². The molecule has 158 valence electrons. The van der Waals surface area contributed by atoms with E-state index in [1.807, 2.05) is 0 Å². The average molecular weight is 436 g/mol. The van der Waals surface area contributed by atoms with Crippen molar-refractivity contribution in [3.8, 4) is 11.4 Å². The van der Waals surface area contributed by atoms with E-state index in [1.165, 1.54) is 4.68 Å². The van der Waals surface area contributed by atoms with Crippen LogP contribution in [0.3, 0.4) is 0 Å². The Bertz CT molecular complexity index is 921. The van der Waals surface area contributed by atoms with Gasteiger partial charge in [0.25, 0.3) is 0 Å². The van der Waals surface area contributed by atoms with Crippen LogP contribution >= 0.6 is 0 Å². The molecule has 10 nitrogen and oxygen atoms in total. The van der Waals surface area contributed by atoms with Gasteiger partial charge in [0.1, 0.15) is 17.9 Å². The molecule has 0 bridgehead atoms. The Morgan fingerprint density at radius 2 is 1.76 bits per heavy atom. The Balaban J connectivity index is 0.000000516. The van der Waals surface area contributed by atoms with E-state index in [9.17, 15) is 26.4 Å². The molecule has 2 rings (SSSR count). The van der Waals surface area contributed by atoms with Gasteiger partial charge in [-0.05, 0) is 11.2 Å². The first-order valence-corrected chi connectivity index (χ1v) is 9.56. The van der Waals surface area contributed by atoms with Crippen LogP contribution in [0.5, 0.6) is 0 Å². The standard InChI is InChI=1S/C13H14N4O4S.C2HF3O2/c18-12(19)3-8-22(20,21)9-7-17-6-2-11(10-16-17)13-14-4-1-5-15-13;3-2(4,5)1(6)7/h1-2,4-6,10H,3,7-9H2;(H,6,7). The first kappa shape index (κ1) is 23.9. The first-order valence-electron chi connectivity index (χ1n) is 7.74. The summed E-state index contributed by atoms with van der Waals surface area (Å²) in [6, 6.07) is 3.45. The minimum Gasteiger partial charge on any atom is -0.542 e. The lowest BCUT2D eigenvalue weighted by molar-refractivity contribution is -0.749. The SMILES string of the molecule is O=C(O)CCS(=O)(=O)CC[n+]1ccc(-c2ncccn2)cn1.O=C([O-])C(F)(F)F. The summed E-state index contributed by atoms with van der Waals surface area (Å²) >= 11 is 0. The quantitative estimate of drug-likeness (QED) is 0.539. The van der Waals surface area contributed by atoms with Crippen LogP contribution in [-0.4, -0.2) is 58.2 Å². The summed E-state index contributed by atoms with van der Waals surface area (Å²) in [5, 5.41) is 21.4. The van der Waals surface area contributed by atoms with Crippen LogP contribution in [-0.2, 0) is 26.0 Å². The van der Waals surface area contributed by atoms with Gasteiger partial charge < -0.3 is 15.0 Å². The van der Waals surface area contributed by atoms with E-state index >= 15 is 0 Å². The molecule has 2 aromatic rings. The van der Waals surface area contributed by atoms with Crippen molar-refractivity contribution in [1.29, 1.82) is 0 Å². The molecule has 0 aliphatic rings. The van der Waals surface area contributed by atoms with Crippen molar-refractivity contribution in [2.75, 3.05) is 11.5 Å². The van der Waals surface area contributed by atoms with Gasteiger partial charge in [-0.3, -0.25) is 4.79 Å². The molecule has 29 heavy (non-hydrogen) atoms. The van der Waals surface area contributed by atoms with Gasteiger partial charge >= 0.3 is 12.1 Å². The van der Waals surface area contributed by atoms with Gasteiger partial charge in [0.05, 0.1) is 12.2 Å². The number of aryl methyl sites for hydroxylation is 1. The second-order valence-corrected chi connectivity index (χ2v) is 7.64. The van der Waals surface area contributed by atoms with E-state index in [2.05, 4.69) is 15.1 Å². The normalized spacial score (nSPS) is 11.3. The number of aliphatic carboxylic acids is 2. The number of carbonyl (C=O) groups excluding carboxylic acids is 1. The van der Waals surface area contributed by atoms with Crippen molar-refractivity contribution in [3.63, 3.8) is 0 Å². The van der Waals surface area contributed by atoms with E-state index in [4.69, 9.17) is 15.0 Å². The second-order valence-electron chi connectivity index (χ2n) is 5.33. The molecular formula is C15H15F3N4O6S. The fourth-order valence-corrected chi connectivity index (χ4v) is 2.83. The molecule has 0 spiro atoms. The van der Waals surface area contributed by atoms with Gasteiger partial charge in [0, 0.05) is 24.0 Å². The molecule has 2 heterocycles. The van der Waals surface area contributed by atoms with Gasteiger partial charge in [0.15, 0.2) is 28.4 Å². The lowest BCUT2D eigenvalue weighted by atomic mass is 10.3. The lowest BCUT2D eigenvalue weighted by Crippen LogP contribution is -2.40. The zero-order valence-corrected chi connectivity index (χ0v) is 15.4. The fourth-order valence-electron chi connectivity index (χ4n) is 1.67. The Labute approximate surface area is 162 Å². The third-order valence-electron chi connectivity index (χ3n) is 3.09. The highest BCUT2D eigenvalue weighted by Gasteiger charge is 2.28. The molecule has 14 heteroatoms. The Morgan fingerprint density at radius 1 is 1.17 bits per heavy atom. The predicted molar refractivity (Wildman–Crippen MR) is 87.4 cm³/mol. The first-order chi connectivity index (χ1) is 13.4. The lowest BCUT2D eigenvalue weighted by Gasteiger charge is -2.03. The highest BCUT2D eigenvalue weighted by molar-refractivity contribution is 7.91. The maximum atomic E-state index is 11.7. The summed E-state index contributed by atoms with van der Waals surface area (Å²) in [6.07, 6.45) is 0.860. The predicted octanol–water partition coefficient (Wildman–Crippen LogP) is -0.986. The average Bonchev–Trinajstić information content (AvgIpc) is 2.66. The van der Waals surface area contributed by atoms with E-state index in [-0.39, 0.29) is 24.5 Å². The van der Waals surface area contributed by atoms with Crippen LogP contribution in [0, 0.1) is 0 Å². The molecule has 0 radical (unpaired) electrons. The summed E-state index contributed by atoms with van der Waals surface area (Å²) in [7, 11) is -3.40. The highest BCUT2D eigenvalue weighted by atomic mass is 32.2. The number of carbonyl (C=O) groups is 2. The second kappa shape index (κ2) is 10.4. The summed E-state index contributed by atoms with van der Waals surface area (Å²) in [5.74, 6) is -4.11. The van der Waals surface area contributed by atoms with Gasteiger partial charge in [-0.25, -0.2) is 18.4 Å². The van der Waals surface area contributed by atoms with Crippen LogP contribution in [0.1, 0.15) is 6.42 Å². The van der Waals surface area contributed by atoms with Gasteiger partial charge in [-0.2, -0.15) is 13.2 Å². The maximum absolute atomic E-state index is 11.7. The zero-order chi connectivity index (χ0) is 22.1. The van der Waals surface area contributed by atoms with Gasteiger partial charge in [-0.1, -0.05) is 4.68 Å². The third kappa shape index (κ3) is 9.55. The van der Waals surface area contributed by atoms with Crippen LogP contribution in [0.15, 0.2) is 36.9 Å². The zero-order valence-electron chi connectivity index (χ0n) is 14.6. The molecule has 0 aliphatic carbocycles. The Kier molecular flexibility index (Phi) is 8.57. The molecule has 1 N–H and O–H groups in total. The van der Waals surface area contributed by atoms with Crippen molar-refractivity contribution in [3.05, 3.63) is 36.9 Å². The van der Waals surface area contributed by atoms with Gasteiger partial charge in [-0.15, -0.1) is 0 Å². The number of hydrogen-bond donors (Lipinski definition) is 1. The summed E-state index contributed by atoms with van der Waals surface area (Å²) < 4.78 is 56.4. The number of rotatable bonds is 7. The smallest absolute Gasteiger partial charge is 0.430 e. The summed E-state index contributed by atoms with van der Waals surface area (Å²) in [5.41, 5.74) is 0.727. The molecule has 0 atom stereocenters. The number of halogens is 3. The molecule has 0 fully saturated rings. The number of nitrogens with zero attached hydrogens (tertiary/aromatic N) is 4. The van der Waals surface area contributed by atoms with Crippen molar-refractivity contribution >= 4 is 21.8 Å². The number of hydrogen-bond acceptors (Lipinski definition) is 8. The molecule has 0 saturated carbocycles. The van der Waals surface area contributed by atoms with Crippen molar-refractivity contribution in [2.24, 2.45) is 0 Å². The maximum Gasteiger partial charge on any atom is 0.430 e. The summed E-state index contributed by atoms with van der Waals surface area (Å²) in [6.45, 7) is 0.165. The third-order valence-corrected chi connectivity index (χ3v) is 4.72. The Morgan fingerprint density at radius 3 is 2.21 bits per heavy atom. The molecule has 0 saturated heterocycles. The molecular weight excluding hydrogens is 421 g/mol. The number of carboxylic acid groups (broad SMARTS) is 2. The van der Waals surface area contributed by atoms with Crippen LogP contribution in [0.25, 0.3) is 11.4 Å². The molecule has 2 aromatic heterocycles. The van der Waals surface area contributed by atoms with E-state index in [1.54, 1.807) is 36.9 Å². The van der Waals surface area contributed by atoms with E-state index < -0.39 is 28.0 Å². The number of alkyl halides is 3. The van der Waals surface area contributed by atoms with E-state index in [0.29, 0.717) is 5.82 Å². The molecule has 0 unspecified atom stereocenters. The van der Waals surface area contributed by atoms with Gasteiger partial charge in [0.2, 0.25) is 0 Å². The number of aromatic nitrogens is 4. The van der Waals surface area contributed by atoms with Crippen LogP contribution in [0.4, 0.5) is 13.2 Å². The monoisotopic (exact) mass is 436 g/mol. The highest BCUT2D eigenvalue weighted by Crippen LogP contribution is 2.11. The van der Waals surface area contributed by atoms with Crippen molar-refractivity contribution in [2.45, 2.75) is 19.1 Å².